The molecule has 0 amide bonds. The molecule has 2 fully saturated rings. The van der Waals surface area contributed by atoms with Crippen molar-refractivity contribution in [3.8, 4) is 5.75 Å². The maximum atomic E-state index is 6.35. The molecule has 3 rings (SSSR count). The summed E-state index contributed by atoms with van der Waals surface area (Å²) >= 11 is 12.5. The Hall–Kier alpha value is -0.440. The molecule has 2 aliphatic rings. The van der Waals surface area contributed by atoms with E-state index in [1.807, 2.05) is 6.07 Å². The Bertz CT molecular complexity index is 482. The third-order valence-corrected chi connectivity index (χ3v) is 4.93. The first-order valence-corrected chi connectivity index (χ1v) is 8.82. The van der Waals surface area contributed by atoms with Gasteiger partial charge >= 0.3 is 0 Å². The minimum Gasteiger partial charge on any atom is -0.491 e. The highest BCUT2D eigenvalue weighted by molar-refractivity contribution is 6.35. The van der Waals surface area contributed by atoms with Gasteiger partial charge in [0, 0.05) is 23.2 Å². The van der Waals surface area contributed by atoms with Gasteiger partial charge in [-0.25, -0.2) is 0 Å². The first-order valence-electron chi connectivity index (χ1n) is 8.06. The molecule has 0 unspecified atom stereocenters. The molecule has 0 bridgehead atoms. The van der Waals surface area contributed by atoms with E-state index < -0.39 is 0 Å². The van der Waals surface area contributed by atoms with Crippen LogP contribution in [0.4, 0.5) is 0 Å². The first-order chi connectivity index (χ1) is 10.2. The summed E-state index contributed by atoms with van der Waals surface area (Å²) in [7, 11) is 0. The topological polar surface area (TPSA) is 21.3 Å². The van der Waals surface area contributed by atoms with Gasteiger partial charge in [0.25, 0.3) is 0 Å². The van der Waals surface area contributed by atoms with Gasteiger partial charge in [-0.2, -0.15) is 0 Å². The third-order valence-electron chi connectivity index (χ3n) is 4.43. The molecule has 2 aliphatic carbocycles. The van der Waals surface area contributed by atoms with Gasteiger partial charge in [-0.05, 0) is 43.7 Å². The van der Waals surface area contributed by atoms with Crippen LogP contribution in [0.3, 0.4) is 0 Å². The van der Waals surface area contributed by atoms with E-state index in [1.165, 1.54) is 44.9 Å². The number of hydrogen-bond acceptors (Lipinski definition) is 2. The molecular weight excluding hydrogens is 305 g/mol. The number of rotatable bonds is 6. The van der Waals surface area contributed by atoms with Crippen molar-refractivity contribution in [2.45, 2.75) is 57.5 Å². The Labute approximate surface area is 137 Å². The van der Waals surface area contributed by atoms with Gasteiger partial charge in [-0.3, -0.25) is 0 Å². The van der Waals surface area contributed by atoms with E-state index in [0.29, 0.717) is 22.0 Å². The molecule has 0 aromatic heterocycles. The number of nitrogens with one attached hydrogen (secondary N) is 1. The fourth-order valence-electron chi connectivity index (χ4n) is 3.00. The van der Waals surface area contributed by atoms with E-state index in [9.17, 15) is 0 Å². The summed E-state index contributed by atoms with van der Waals surface area (Å²) in [6.07, 6.45) is 9.13. The van der Waals surface area contributed by atoms with E-state index in [4.69, 9.17) is 27.9 Å². The molecule has 2 saturated carbocycles. The monoisotopic (exact) mass is 327 g/mol. The fourth-order valence-corrected chi connectivity index (χ4v) is 3.59. The Morgan fingerprint density at radius 1 is 1.05 bits per heavy atom. The van der Waals surface area contributed by atoms with Crippen LogP contribution in [0.25, 0.3) is 0 Å². The zero-order valence-corrected chi connectivity index (χ0v) is 13.8. The zero-order chi connectivity index (χ0) is 14.7. The molecule has 116 valence electrons. The molecule has 0 aliphatic heterocycles. The molecule has 0 radical (unpaired) electrons. The predicted molar refractivity (Wildman–Crippen MR) is 88.4 cm³/mol. The van der Waals surface area contributed by atoms with E-state index >= 15 is 0 Å². The lowest BCUT2D eigenvalue weighted by atomic mass is 9.90. The zero-order valence-electron chi connectivity index (χ0n) is 12.3. The highest BCUT2D eigenvalue weighted by atomic mass is 35.5. The molecule has 1 aromatic rings. The average Bonchev–Trinajstić information content (AvgIpc) is 3.29. The van der Waals surface area contributed by atoms with Crippen LogP contribution in [0.2, 0.25) is 10.0 Å². The molecule has 1 N–H and O–H groups in total. The maximum Gasteiger partial charge on any atom is 0.142 e. The Kier molecular flexibility index (Phi) is 5.31. The summed E-state index contributed by atoms with van der Waals surface area (Å²) < 4.78 is 6.08. The van der Waals surface area contributed by atoms with Gasteiger partial charge in [0.2, 0.25) is 0 Å². The van der Waals surface area contributed by atoms with Crippen molar-refractivity contribution in [2.75, 3.05) is 6.61 Å². The van der Waals surface area contributed by atoms with Crippen molar-refractivity contribution in [3.05, 3.63) is 27.7 Å². The van der Waals surface area contributed by atoms with Gasteiger partial charge in [0.15, 0.2) is 0 Å². The van der Waals surface area contributed by atoms with Crippen LogP contribution in [0, 0.1) is 5.92 Å². The average molecular weight is 328 g/mol. The van der Waals surface area contributed by atoms with Crippen molar-refractivity contribution >= 4 is 23.2 Å². The largest absolute Gasteiger partial charge is 0.491 e. The number of ether oxygens (including phenoxy) is 1. The smallest absolute Gasteiger partial charge is 0.142 e. The van der Waals surface area contributed by atoms with Crippen molar-refractivity contribution in [3.63, 3.8) is 0 Å². The number of benzene rings is 1. The van der Waals surface area contributed by atoms with Crippen molar-refractivity contribution in [2.24, 2.45) is 5.92 Å². The Morgan fingerprint density at radius 3 is 2.52 bits per heavy atom. The van der Waals surface area contributed by atoms with Crippen LogP contribution in [-0.4, -0.2) is 12.6 Å². The number of hydrogen-bond donors (Lipinski definition) is 1. The first kappa shape index (κ1) is 15.5. The van der Waals surface area contributed by atoms with Crippen LogP contribution < -0.4 is 10.1 Å². The Morgan fingerprint density at radius 2 is 1.81 bits per heavy atom. The summed E-state index contributed by atoms with van der Waals surface area (Å²) in [6, 6.07) is 4.41. The van der Waals surface area contributed by atoms with Crippen LogP contribution in [0.5, 0.6) is 5.75 Å². The van der Waals surface area contributed by atoms with Crippen LogP contribution in [0.15, 0.2) is 12.1 Å². The summed E-state index contributed by atoms with van der Waals surface area (Å²) in [5.74, 6) is 1.49. The van der Waals surface area contributed by atoms with Crippen LogP contribution >= 0.6 is 23.2 Å². The lowest BCUT2D eigenvalue weighted by Crippen LogP contribution is -2.18. The molecule has 0 saturated heterocycles. The summed E-state index contributed by atoms with van der Waals surface area (Å²) in [6.45, 7) is 1.56. The van der Waals surface area contributed by atoms with Crippen molar-refractivity contribution < 1.29 is 4.74 Å². The molecule has 0 atom stereocenters. The van der Waals surface area contributed by atoms with E-state index in [-0.39, 0.29) is 0 Å². The minimum atomic E-state index is 0.630. The van der Waals surface area contributed by atoms with E-state index in [0.717, 1.165) is 24.5 Å². The van der Waals surface area contributed by atoms with E-state index in [2.05, 4.69) is 5.32 Å². The van der Waals surface area contributed by atoms with Crippen molar-refractivity contribution in [1.82, 2.24) is 5.32 Å². The quantitative estimate of drug-likeness (QED) is 0.774. The third kappa shape index (κ3) is 4.51. The lowest BCUT2D eigenvalue weighted by Gasteiger charge is -2.23. The maximum absolute atomic E-state index is 6.35. The summed E-state index contributed by atoms with van der Waals surface area (Å²) in [4.78, 5) is 0. The second-order valence-electron chi connectivity index (χ2n) is 6.35. The Balaban J connectivity index is 1.65. The van der Waals surface area contributed by atoms with Gasteiger partial charge in [-0.1, -0.05) is 42.5 Å². The second-order valence-corrected chi connectivity index (χ2v) is 7.19. The van der Waals surface area contributed by atoms with Gasteiger partial charge in [-0.15, -0.1) is 0 Å². The van der Waals surface area contributed by atoms with Gasteiger partial charge in [0.1, 0.15) is 5.75 Å². The summed E-state index contributed by atoms with van der Waals surface area (Å²) in [5.41, 5.74) is 1.08. The number of halogens is 2. The minimum absolute atomic E-state index is 0.630. The van der Waals surface area contributed by atoms with Gasteiger partial charge < -0.3 is 10.1 Å². The SMILES string of the molecule is Clc1cc(Cl)c(OCC2CCCCC2)c(CNC2CC2)c1. The fraction of sp³-hybridized carbons (Fsp3) is 0.647. The van der Waals surface area contributed by atoms with Crippen LogP contribution in [-0.2, 0) is 6.54 Å². The molecule has 2 nitrogen and oxygen atoms in total. The summed E-state index contributed by atoms with van der Waals surface area (Å²) in [5, 5.41) is 4.82. The molecule has 4 heteroatoms. The highest BCUT2D eigenvalue weighted by Crippen LogP contribution is 2.34. The molecule has 21 heavy (non-hydrogen) atoms. The van der Waals surface area contributed by atoms with Crippen LogP contribution in [0.1, 0.15) is 50.5 Å². The second kappa shape index (κ2) is 7.21. The van der Waals surface area contributed by atoms with E-state index in [1.54, 1.807) is 6.07 Å². The molecular formula is C17H23Cl2NO. The normalized spacial score (nSPS) is 19.7. The standard InChI is InChI=1S/C17H23Cl2NO/c18-14-8-13(10-20-15-6-7-15)17(16(19)9-14)21-11-12-4-2-1-3-5-12/h8-9,12,15,20H,1-7,10-11H2. The predicted octanol–water partition coefficient (Wildman–Crippen LogP) is 5.20. The van der Waals surface area contributed by atoms with Crippen molar-refractivity contribution in [1.29, 1.82) is 0 Å². The van der Waals surface area contributed by atoms with Gasteiger partial charge in [0.05, 0.1) is 11.6 Å². The lowest BCUT2D eigenvalue weighted by molar-refractivity contribution is 0.207. The molecule has 0 heterocycles. The molecule has 0 spiro atoms. The molecule has 1 aromatic carbocycles. The highest BCUT2D eigenvalue weighted by Gasteiger charge is 2.22.